The maximum atomic E-state index is 12.2. The molecule has 0 spiro atoms. The highest BCUT2D eigenvalue weighted by Crippen LogP contribution is 2.14. The molecule has 19 heavy (non-hydrogen) atoms. The minimum absolute atomic E-state index is 0.115. The summed E-state index contributed by atoms with van der Waals surface area (Å²) in [6.45, 7) is 6.34. The van der Waals surface area contributed by atoms with Crippen LogP contribution < -0.4 is 0 Å². The normalized spacial score (nSPS) is 9.84. The van der Waals surface area contributed by atoms with Gasteiger partial charge in [0.2, 0.25) is 0 Å². The lowest BCUT2D eigenvalue weighted by Gasteiger charge is -2.16. The van der Waals surface area contributed by atoms with E-state index < -0.39 is 5.97 Å². The maximum absolute atomic E-state index is 12.2. The number of benzene rings is 1. The first-order valence-electron chi connectivity index (χ1n) is 6.14. The van der Waals surface area contributed by atoms with Gasteiger partial charge in [0.1, 0.15) is 0 Å². The number of carbonyl (C=O) groups is 2. The summed E-state index contributed by atoms with van der Waals surface area (Å²) in [5, 5.41) is 0. The van der Waals surface area contributed by atoms with Gasteiger partial charge in [0.05, 0.1) is 12.7 Å². The molecule has 1 aromatic rings. The lowest BCUT2D eigenvalue weighted by molar-refractivity contribution is 0.0600. The molecule has 0 aliphatic rings. The second-order valence-electron chi connectivity index (χ2n) is 4.27. The molecule has 4 heteroatoms. The first kappa shape index (κ1) is 15.0. The average Bonchev–Trinajstić information content (AvgIpc) is 2.45. The van der Waals surface area contributed by atoms with E-state index in [1.807, 2.05) is 6.92 Å². The lowest BCUT2D eigenvalue weighted by atomic mass is 10.0. The Morgan fingerprint density at radius 2 is 1.95 bits per heavy atom. The molecule has 0 bridgehead atoms. The highest BCUT2D eigenvalue weighted by molar-refractivity contribution is 5.98. The summed E-state index contributed by atoms with van der Waals surface area (Å²) in [6.07, 6.45) is 2.48. The number of nitrogens with zero attached hydrogens (tertiary/aromatic N) is 1. The van der Waals surface area contributed by atoms with Crippen LogP contribution in [0.25, 0.3) is 6.08 Å². The molecular weight excluding hydrogens is 242 g/mol. The average molecular weight is 261 g/mol. The topological polar surface area (TPSA) is 46.6 Å². The predicted molar refractivity (Wildman–Crippen MR) is 75.1 cm³/mol. The molecule has 0 fully saturated rings. The number of hydrogen-bond acceptors (Lipinski definition) is 3. The fourth-order valence-electron chi connectivity index (χ4n) is 1.79. The van der Waals surface area contributed by atoms with Crippen molar-refractivity contribution in [1.29, 1.82) is 0 Å². The first-order valence-corrected chi connectivity index (χ1v) is 6.14. The fourth-order valence-corrected chi connectivity index (χ4v) is 1.79. The Morgan fingerprint density at radius 3 is 2.47 bits per heavy atom. The summed E-state index contributed by atoms with van der Waals surface area (Å²) in [6, 6.07) is 4.91. The van der Waals surface area contributed by atoms with Crippen LogP contribution in [0.5, 0.6) is 0 Å². The molecule has 0 saturated carbocycles. The van der Waals surface area contributed by atoms with Crippen molar-refractivity contribution in [2.75, 3.05) is 20.7 Å². The van der Waals surface area contributed by atoms with E-state index >= 15 is 0 Å². The van der Waals surface area contributed by atoms with Gasteiger partial charge in [0.15, 0.2) is 0 Å². The molecule has 0 atom stereocenters. The first-order chi connectivity index (χ1) is 9.03. The quantitative estimate of drug-likeness (QED) is 0.765. The van der Waals surface area contributed by atoms with Crippen LogP contribution in [0, 0.1) is 0 Å². The lowest BCUT2D eigenvalue weighted by Crippen LogP contribution is -2.27. The third-order valence-electron chi connectivity index (χ3n) is 2.76. The number of methoxy groups -OCH3 is 1. The predicted octanol–water partition coefficient (Wildman–Crippen LogP) is 2.60. The van der Waals surface area contributed by atoms with Crippen LogP contribution in [-0.4, -0.2) is 37.5 Å². The van der Waals surface area contributed by atoms with Gasteiger partial charge in [-0.2, -0.15) is 0 Å². The molecule has 102 valence electrons. The zero-order chi connectivity index (χ0) is 14.4. The van der Waals surface area contributed by atoms with Crippen molar-refractivity contribution in [3.63, 3.8) is 0 Å². The number of rotatable bonds is 5. The van der Waals surface area contributed by atoms with Gasteiger partial charge in [-0.1, -0.05) is 19.6 Å². The summed E-state index contributed by atoms with van der Waals surface area (Å²) in [5.41, 5.74) is 1.54. The van der Waals surface area contributed by atoms with Crippen molar-refractivity contribution < 1.29 is 14.3 Å². The zero-order valence-corrected chi connectivity index (χ0v) is 11.6. The molecule has 0 aliphatic heterocycles. The van der Waals surface area contributed by atoms with Gasteiger partial charge < -0.3 is 9.64 Å². The molecule has 4 nitrogen and oxygen atoms in total. The van der Waals surface area contributed by atoms with E-state index in [0.29, 0.717) is 17.7 Å². The van der Waals surface area contributed by atoms with Crippen LogP contribution in [0.4, 0.5) is 0 Å². The molecule has 1 rings (SSSR count). The van der Waals surface area contributed by atoms with Crippen molar-refractivity contribution in [2.45, 2.75) is 13.3 Å². The summed E-state index contributed by atoms with van der Waals surface area (Å²) < 4.78 is 4.68. The molecule has 0 aromatic heterocycles. The molecule has 0 N–H and O–H groups in total. The van der Waals surface area contributed by atoms with Crippen LogP contribution in [0.2, 0.25) is 0 Å². The highest BCUT2D eigenvalue weighted by atomic mass is 16.5. The van der Waals surface area contributed by atoms with Gasteiger partial charge >= 0.3 is 5.97 Å². The van der Waals surface area contributed by atoms with E-state index in [-0.39, 0.29) is 5.91 Å². The minimum atomic E-state index is -0.462. The standard InChI is InChI=1S/C15H19NO3/c1-5-7-16(3)14(17)12-8-11(6-2)9-13(10-12)15(18)19-4/h6,8-10H,2,5,7H2,1,3-4H3. The number of hydrogen-bond donors (Lipinski definition) is 0. The smallest absolute Gasteiger partial charge is 0.337 e. The second-order valence-corrected chi connectivity index (χ2v) is 4.27. The second kappa shape index (κ2) is 6.73. The van der Waals surface area contributed by atoms with Crippen LogP contribution in [0.1, 0.15) is 39.6 Å². The Bertz CT molecular complexity index is 494. The summed E-state index contributed by atoms with van der Waals surface area (Å²) >= 11 is 0. The molecule has 0 heterocycles. The monoisotopic (exact) mass is 261 g/mol. The largest absolute Gasteiger partial charge is 0.465 e. The van der Waals surface area contributed by atoms with Crippen molar-refractivity contribution >= 4 is 18.0 Å². The molecule has 0 aliphatic carbocycles. The highest BCUT2D eigenvalue weighted by Gasteiger charge is 2.15. The molecule has 1 aromatic carbocycles. The third kappa shape index (κ3) is 3.68. The van der Waals surface area contributed by atoms with Crippen LogP contribution in [0.3, 0.4) is 0 Å². The van der Waals surface area contributed by atoms with Gasteiger partial charge in [-0.3, -0.25) is 4.79 Å². The van der Waals surface area contributed by atoms with Crippen LogP contribution >= 0.6 is 0 Å². The van der Waals surface area contributed by atoms with E-state index in [1.165, 1.54) is 7.11 Å². The summed E-state index contributed by atoms with van der Waals surface area (Å²) in [5.74, 6) is -0.577. The van der Waals surface area contributed by atoms with Crippen LogP contribution in [-0.2, 0) is 4.74 Å². The van der Waals surface area contributed by atoms with Crippen molar-refractivity contribution in [3.8, 4) is 0 Å². The van der Waals surface area contributed by atoms with E-state index in [4.69, 9.17) is 0 Å². The number of amides is 1. The van der Waals surface area contributed by atoms with Crippen molar-refractivity contribution in [3.05, 3.63) is 41.5 Å². The number of carbonyl (C=O) groups excluding carboxylic acids is 2. The Hall–Kier alpha value is -2.10. The molecular formula is C15H19NO3. The number of esters is 1. The van der Waals surface area contributed by atoms with Crippen LogP contribution in [0.15, 0.2) is 24.8 Å². The van der Waals surface area contributed by atoms with E-state index in [9.17, 15) is 9.59 Å². The van der Waals surface area contributed by atoms with E-state index in [0.717, 1.165) is 12.0 Å². The maximum Gasteiger partial charge on any atom is 0.337 e. The Morgan fingerprint density at radius 1 is 1.32 bits per heavy atom. The third-order valence-corrected chi connectivity index (χ3v) is 2.76. The zero-order valence-electron chi connectivity index (χ0n) is 11.6. The molecule has 0 unspecified atom stereocenters. The van der Waals surface area contributed by atoms with Gasteiger partial charge in [0, 0.05) is 19.2 Å². The molecule has 0 saturated heterocycles. The van der Waals surface area contributed by atoms with Gasteiger partial charge in [-0.15, -0.1) is 0 Å². The molecule has 0 radical (unpaired) electrons. The summed E-state index contributed by atoms with van der Waals surface area (Å²) in [7, 11) is 3.05. The molecule has 1 amide bonds. The van der Waals surface area contributed by atoms with E-state index in [2.05, 4.69) is 11.3 Å². The van der Waals surface area contributed by atoms with Gasteiger partial charge in [-0.25, -0.2) is 4.79 Å². The fraction of sp³-hybridized carbons (Fsp3) is 0.333. The Balaban J connectivity index is 3.16. The van der Waals surface area contributed by atoms with Gasteiger partial charge in [0.25, 0.3) is 5.91 Å². The van der Waals surface area contributed by atoms with Crippen molar-refractivity contribution in [1.82, 2.24) is 4.90 Å². The van der Waals surface area contributed by atoms with E-state index in [1.54, 1.807) is 36.2 Å². The Kier molecular flexibility index (Phi) is 5.30. The van der Waals surface area contributed by atoms with Gasteiger partial charge in [-0.05, 0) is 30.2 Å². The summed E-state index contributed by atoms with van der Waals surface area (Å²) in [4.78, 5) is 25.4. The Labute approximate surface area is 113 Å². The number of ether oxygens (including phenoxy) is 1. The van der Waals surface area contributed by atoms with Crippen molar-refractivity contribution in [2.24, 2.45) is 0 Å². The SMILES string of the molecule is C=Cc1cc(C(=O)OC)cc(C(=O)N(C)CCC)c1. The minimum Gasteiger partial charge on any atom is -0.465 e.